The highest BCUT2D eigenvalue weighted by atomic mass is 79.9. The van der Waals surface area contributed by atoms with E-state index in [0.29, 0.717) is 16.4 Å². The molecule has 1 saturated heterocycles. The number of rotatable bonds is 3. The van der Waals surface area contributed by atoms with Gasteiger partial charge in [-0.05, 0) is 40.9 Å². The number of nitrogens with zero attached hydrogens (tertiary/aromatic N) is 2. The fourth-order valence-electron chi connectivity index (χ4n) is 2.49. The molecule has 2 aromatic rings. The second kappa shape index (κ2) is 5.93. The number of halogens is 1. The summed E-state index contributed by atoms with van der Waals surface area (Å²) >= 11 is 6.23. The van der Waals surface area contributed by atoms with E-state index >= 15 is 0 Å². The summed E-state index contributed by atoms with van der Waals surface area (Å²) in [5.41, 5.74) is 0. The van der Waals surface area contributed by atoms with Crippen LogP contribution in [0.25, 0.3) is 0 Å². The monoisotopic (exact) mass is 372 g/mol. The molecule has 2 aromatic heterocycles. The Labute approximate surface area is 133 Å². The third-order valence-electron chi connectivity index (χ3n) is 3.41. The molecule has 20 heavy (non-hydrogen) atoms. The number of aliphatic hydroxyl groups is 1. The Hall–Kier alpha value is -0.760. The van der Waals surface area contributed by atoms with Crippen LogP contribution < -0.4 is 0 Å². The third kappa shape index (κ3) is 2.67. The van der Waals surface area contributed by atoms with Crippen molar-refractivity contribution in [3.05, 3.63) is 37.4 Å². The lowest BCUT2D eigenvalue weighted by Gasteiger charge is -2.27. The third-order valence-corrected chi connectivity index (χ3v) is 5.87. The number of hydrogen-bond acceptors (Lipinski definition) is 5. The Bertz CT molecular complexity index is 599. The van der Waals surface area contributed by atoms with Gasteiger partial charge in [-0.3, -0.25) is 4.79 Å². The van der Waals surface area contributed by atoms with E-state index in [1.165, 1.54) is 22.7 Å². The van der Waals surface area contributed by atoms with E-state index in [0.717, 1.165) is 16.6 Å². The van der Waals surface area contributed by atoms with Crippen molar-refractivity contribution < 1.29 is 9.90 Å². The zero-order chi connectivity index (χ0) is 14.1. The molecule has 0 saturated carbocycles. The first-order valence-corrected chi connectivity index (χ1v) is 8.79. The predicted octanol–water partition coefficient (Wildman–Crippen LogP) is 3.31. The van der Waals surface area contributed by atoms with Gasteiger partial charge in [-0.1, -0.05) is 0 Å². The summed E-state index contributed by atoms with van der Waals surface area (Å²) in [4.78, 5) is 19.2. The van der Waals surface area contributed by atoms with Crippen molar-refractivity contribution >= 4 is 44.5 Å². The summed E-state index contributed by atoms with van der Waals surface area (Å²) in [6, 6.07) is 3.53. The first-order valence-electron chi connectivity index (χ1n) is 6.30. The molecule has 1 amide bonds. The Morgan fingerprint density at radius 1 is 1.55 bits per heavy atom. The van der Waals surface area contributed by atoms with Crippen LogP contribution in [0.3, 0.4) is 0 Å². The van der Waals surface area contributed by atoms with E-state index < -0.39 is 6.10 Å². The first kappa shape index (κ1) is 14.2. The predicted molar refractivity (Wildman–Crippen MR) is 83.2 cm³/mol. The molecule has 1 N–H and O–H groups in total. The molecule has 1 aliphatic rings. The molecule has 106 valence electrons. The number of likely N-dealkylation sites (tertiary alicyclic amines) is 1. The van der Waals surface area contributed by atoms with Crippen molar-refractivity contribution in [1.82, 2.24) is 9.88 Å². The molecule has 7 heteroatoms. The molecule has 1 fully saturated rings. The SMILES string of the molecule is O=C(c1ccc(Br)s1)N1CCC[C@@H]1[C@H](O)c1nccs1. The maximum absolute atomic E-state index is 12.5. The molecule has 3 rings (SSSR count). The van der Waals surface area contributed by atoms with Gasteiger partial charge in [0.15, 0.2) is 0 Å². The maximum Gasteiger partial charge on any atom is 0.264 e. The molecule has 0 aromatic carbocycles. The van der Waals surface area contributed by atoms with Gasteiger partial charge in [0.2, 0.25) is 0 Å². The minimum atomic E-state index is -0.690. The lowest BCUT2D eigenvalue weighted by molar-refractivity contribution is 0.0490. The molecule has 0 spiro atoms. The van der Waals surface area contributed by atoms with Crippen LogP contribution >= 0.6 is 38.6 Å². The highest BCUT2D eigenvalue weighted by molar-refractivity contribution is 9.11. The highest BCUT2D eigenvalue weighted by Crippen LogP contribution is 2.33. The van der Waals surface area contributed by atoms with E-state index in [-0.39, 0.29) is 11.9 Å². The van der Waals surface area contributed by atoms with Gasteiger partial charge in [-0.25, -0.2) is 4.98 Å². The van der Waals surface area contributed by atoms with Gasteiger partial charge in [-0.2, -0.15) is 0 Å². The van der Waals surface area contributed by atoms with Gasteiger partial charge in [0.25, 0.3) is 5.91 Å². The van der Waals surface area contributed by atoms with Crippen molar-refractivity contribution in [3.63, 3.8) is 0 Å². The number of carbonyl (C=O) groups is 1. The summed E-state index contributed by atoms with van der Waals surface area (Å²) in [6.45, 7) is 0.696. The number of amides is 1. The average molecular weight is 373 g/mol. The number of thiophene rings is 1. The van der Waals surface area contributed by atoms with Crippen LogP contribution in [0.2, 0.25) is 0 Å². The zero-order valence-corrected chi connectivity index (χ0v) is 13.7. The number of thiazole rings is 1. The van der Waals surface area contributed by atoms with E-state index in [1.54, 1.807) is 11.1 Å². The largest absolute Gasteiger partial charge is 0.384 e. The van der Waals surface area contributed by atoms with Crippen molar-refractivity contribution in [2.45, 2.75) is 25.0 Å². The Morgan fingerprint density at radius 2 is 2.40 bits per heavy atom. The smallest absolute Gasteiger partial charge is 0.264 e. The fourth-order valence-corrected chi connectivity index (χ4v) is 4.51. The molecule has 1 aliphatic heterocycles. The Morgan fingerprint density at radius 3 is 3.05 bits per heavy atom. The quantitative estimate of drug-likeness (QED) is 0.898. The maximum atomic E-state index is 12.5. The van der Waals surface area contributed by atoms with Gasteiger partial charge in [0.05, 0.1) is 14.7 Å². The minimum Gasteiger partial charge on any atom is -0.384 e. The van der Waals surface area contributed by atoms with E-state index in [2.05, 4.69) is 20.9 Å². The molecule has 0 aliphatic carbocycles. The molecule has 0 unspecified atom stereocenters. The normalized spacial score (nSPS) is 20.3. The molecular formula is C13H13BrN2O2S2. The van der Waals surface area contributed by atoms with Crippen LogP contribution in [0.1, 0.15) is 33.6 Å². The summed E-state index contributed by atoms with van der Waals surface area (Å²) in [6.07, 6.45) is 2.73. The van der Waals surface area contributed by atoms with Crippen LogP contribution in [0.4, 0.5) is 0 Å². The van der Waals surface area contributed by atoms with Gasteiger partial charge in [0, 0.05) is 18.1 Å². The second-order valence-electron chi connectivity index (χ2n) is 4.63. The summed E-state index contributed by atoms with van der Waals surface area (Å²) < 4.78 is 0.942. The topological polar surface area (TPSA) is 53.4 Å². The van der Waals surface area contributed by atoms with Gasteiger partial charge >= 0.3 is 0 Å². The summed E-state index contributed by atoms with van der Waals surface area (Å²) in [5, 5.41) is 13.0. The van der Waals surface area contributed by atoms with Gasteiger partial charge in [-0.15, -0.1) is 22.7 Å². The Kier molecular flexibility index (Phi) is 4.21. The summed E-state index contributed by atoms with van der Waals surface area (Å²) in [5.74, 6) is -0.00111. The minimum absolute atomic E-state index is 0.00111. The van der Waals surface area contributed by atoms with Crippen molar-refractivity contribution in [2.75, 3.05) is 6.54 Å². The number of aliphatic hydroxyl groups excluding tert-OH is 1. The van der Waals surface area contributed by atoms with Crippen LogP contribution in [-0.2, 0) is 0 Å². The van der Waals surface area contributed by atoms with Gasteiger partial charge in [0.1, 0.15) is 11.1 Å². The standard InChI is InChI=1S/C13H13BrN2O2S2/c14-10-4-3-9(20-10)13(18)16-6-1-2-8(16)11(17)12-15-5-7-19-12/h3-5,7-8,11,17H,1-2,6H2/t8-,11+/m1/s1. The van der Waals surface area contributed by atoms with Crippen LogP contribution in [-0.4, -0.2) is 33.5 Å². The first-order chi connectivity index (χ1) is 9.66. The average Bonchev–Trinajstić information content (AvgIpc) is 3.18. The highest BCUT2D eigenvalue weighted by Gasteiger charge is 2.36. The Balaban J connectivity index is 1.80. The summed E-state index contributed by atoms with van der Waals surface area (Å²) in [7, 11) is 0. The molecular weight excluding hydrogens is 360 g/mol. The van der Waals surface area contributed by atoms with Crippen molar-refractivity contribution in [3.8, 4) is 0 Å². The molecule has 0 bridgehead atoms. The molecule has 2 atom stereocenters. The lowest BCUT2D eigenvalue weighted by Crippen LogP contribution is -2.38. The van der Waals surface area contributed by atoms with Crippen molar-refractivity contribution in [1.29, 1.82) is 0 Å². The van der Waals surface area contributed by atoms with E-state index in [9.17, 15) is 9.90 Å². The number of hydrogen-bond donors (Lipinski definition) is 1. The number of aromatic nitrogens is 1. The van der Waals surface area contributed by atoms with Crippen molar-refractivity contribution in [2.24, 2.45) is 0 Å². The number of carbonyl (C=O) groups excluding carboxylic acids is 1. The van der Waals surface area contributed by atoms with Crippen LogP contribution in [0.15, 0.2) is 27.5 Å². The van der Waals surface area contributed by atoms with E-state index in [4.69, 9.17) is 0 Å². The van der Waals surface area contributed by atoms with E-state index in [1.807, 2.05) is 17.5 Å². The van der Waals surface area contributed by atoms with Crippen LogP contribution in [0, 0.1) is 0 Å². The zero-order valence-electron chi connectivity index (χ0n) is 10.5. The fraction of sp³-hybridized carbons (Fsp3) is 0.385. The van der Waals surface area contributed by atoms with Gasteiger partial charge < -0.3 is 10.0 Å². The molecule has 0 radical (unpaired) electrons. The molecule has 4 nitrogen and oxygen atoms in total. The second-order valence-corrected chi connectivity index (χ2v) is 8.02. The lowest BCUT2D eigenvalue weighted by atomic mass is 10.1. The molecule has 3 heterocycles. The van der Waals surface area contributed by atoms with Crippen LogP contribution in [0.5, 0.6) is 0 Å².